The standard InChI is InChI=1S/C17H17N3O4S/c1-17-7-6-14(21)20(17)12(9-25-17)16(23)24-8-13-18-11-5-3-2-4-10(11)15(22)19-13/h2-5,12H,6-9H2,1H3,(H,18,19,22)/t12-,17-/m1/s1. The zero-order valence-corrected chi connectivity index (χ0v) is 14.5. The SMILES string of the molecule is C[C@@]12CCC(=O)N1[C@@H](C(=O)OCc1nc3ccccc3c(=O)[nH]1)CS2. The van der Waals surface area contributed by atoms with E-state index in [4.69, 9.17) is 4.74 Å². The summed E-state index contributed by atoms with van der Waals surface area (Å²) < 4.78 is 5.34. The van der Waals surface area contributed by atoms with Crippen LogP contribution in [0, 0.1) is 0 Å². The van der Waals surface area contributed by atoms with Gasteiger partial charge in [-0.05, 0) is 25.5 Å². The van der Waals surface area contributed by atoms with Crippen molar-refractivity contribution in [2.45, 2.75) is 37.3 Å². The van der Waals surface area contributed by atoms with Gasteiger partial charge in [0.1, 0.15) is 18.5 Å². The molecule has 0 aliphatic carbocycles. The van der Waals surface area contributed by atoms with Crippen LogP contribution in [0.5, 0.6) is 0 Å². The second-order valence-electron chi connectivity index (χ2n) is 6.40. The first-order valence-corrected chi connectivity index (χ1v) is 9.07. The average molecular weight is 359 g/mol. The molecule has 0 spiro atoms. The number of carbonyl (C=O) groups is 2. The second-order valence-corrected chi connectivity index (χ2v) is 7.90. The molecule has 1 aromatic carbocycles. The van der Waals surface area contributed by atoms with E-state index in [9.17, 15) is 14.4 Å². The Balaban J connectivity index is 1.49. The summed E-state index contributed by atoms with van der Waals surface area (Å²) >= 11 is 1.61. The molecule has 1 aromatic heterocycles. The summed E-state index contributed by atoms with van der Waals surface area (Å²) in [7, 11) is 0. The normalized spacial score (nSPS) is 25.4. The highest BCUT2D eigenvalue weighted by molar-refractivity contribution is 8.01. The Morgan fingerprint density at radius 1 is 1.44 bits per heavy atom. The number of aromatic amines is 1. The topological polar surface area (TPSA) is 92.4 Å². The maximum Gasteiger partial charge on any atom is 0.330 e. The van der Waals surface area contributed by atoms with Crippen molar-refractivity contribution < 1.29 is 14.3 Å². The van der Waals surface area contributed by atoms with Gasteiger partial charge in [0.2, 0.25) is 5.91 Å². The van der Waals surface area contributed by atoms with Crippen LogP contribution in [0.4, 0.5) is 0 Å². The molecule has 0 unspecified atom stereocenters. The highest BCUT2D eigenvalue weighted by Gasteiger charge is 2.53. The third kappa shape index (κ3) is 2.70. The van der Waals surface area contributed by atoms with Gasteiger partial charge in [0.05, 0.1) is 15.8 Å². The molecule has 2 aliphatic rings. The molecule has 2 fully saturated rings. The van der Waals surface area contributed by atoms with Crippen molar-refractivity contribution in [2.24, 2.45) is 0 Å². The lowest BCUT2D eigenvalue weighted by molar-refractivity contribution is -0.154. The van der Waals surface area contributed by atoms with Gasteiger partial charge < -0.3 is 14.6 Å². The predicted octanol–water partition coefficient (Wildman–Crippen LogP) is 1.42. The zero-order chi connectivity index (χ0) is 17.6. The van der Waals surface area contributed by atoms with Crippen LogP contribution in [0.3, 0.4) is 0 Å². The maximum atomic E-state index is 12.4. The van der Waals surface area contributed by atoms with E-state index in [1.54, 1.807) is 40.9 Å². The fraction of sp³-hybridized carbons (Fsp3) is 0.412. The molecule has 25 heavy (non-hydrogen) atoms. The number of H-pyrrole nitrogens is 1. The second kappa shape index (κ2) is 5.87. The van der Waals surface area contributed by atoms with Gasteiger partial charge in [-0.2, -0.15) is 0 Å². The summed E-state index contributed by atoms with van der Waals surface area (Å²) in [6, 6.07) is 6.41. The lowest BCUT2D eigenvalue weighted by Gasteiger charge is -2.29. The number of aromatic nitrogens is 2. The molecule has 130 valence electrons. The molecule has 8 heteroatoms. The lowest BCUT2D eigenvalue weighted by Crippen LogP contribution is -2.46. The first-order chi connectivity index (χ1) is 12.0. The minimum atomic E-state index is -0.572. The van der Waals surface area contributed by atoms with Gasteiger partial charge in [-0.15, -0.1) is 11.8 Å². The summed E-state index contributed by atoms with van der Waals surface area (Å²) in [5.74, 6) is 0.357. The van der Waals surface area contributed by atoms with Gasteiger partial charge in [0, 0.05) is 12.2 Å². The van der Waals surface area contributed by atoms with Crippen molar-refractivity contribution in [2.75, 3.05) is 5.75 Å². The van der Waals surface area contributed by atoms with E-state index in [-0.39, 0.29) is 22.9 Å². The van der Waals surface area contributed by atoms with E-state index >= 15 is 0 Å². The van der Waals surface area contributed by atoms with Crippen LogP contribution in [0.2, 0.25) is 0 Å². The van der Waals surface area contributed by atoms with Gasteiger partial charge in [-0.3, -0.25) is 9.59 Å². The van der Waals surface area contributed by atoms with Crippen molar-refractivity contribution in [3.05, 3.63) is 40.4 Å². The number of benzene rings is 1. The van der Waals surface area contributed by atoms with Crippen LogP contribution in [0.25, 0.3) is 10.9 Å². The number of fused-ring (bicyclic) bond motifs is 2. The monoisotopic (exact) mass is 359 g/mol. The van der Waals surface area contributed by atoms with E-state index in [2.05, 4.69) is 9.97 Å². The third-order valence-electron chi connectivity index (χ3n) is 4.73. The first kappa shape index (κ1) is 16.1. The van der Waals surface area contributed by atoms with Crippen molar-refractivity contribution in [1.82, 2.24) is 14.9 Å². The van der Waals surface area contributed by atoms with Crippen LogP contribution in [-0.2, 0) is 20.9 Å². The van der Waals surface area contributed by atoms with Gasteiger partial charge >= 0.3 is 5.97 Å². The number of nitrogens with zero attached hydrogens (tertiary/aromatic N) is 2. The minimum absolute atomic E-state index is 0.00770. The number of hydrogen-bond acceptors (Lipinski definition) is 6. The molecule has 2 atom stereocenters. The van der Waals surface area contributed by atoms with Gasteiger partial charge in [0.15, 0.2) is 0 Å². The summed E-state index contributed by atoms with van der Waals surface area (Å²) in [6.07, 6.45) is 1.21. The molecule has 1 N–H and O–H groups in total. The van der Waals surface area contributed by atoms with Crippen molar-refractivity contribution in [1.29, 1.82) is 0 Å². The van der Waals surface area contributed by atoms with E-state index in [0.29, 0.717) is 28.9 Å². The van der Waals surface area contributed by atoms with Crippen LogP contribution in [0.15, 0.2) is 29.1 Å². The smallest absolute Gasteiger partial charge is 0.330 e. The van der Waals surface area contributed by atoms with E-state index in [1.807, 2.05) is 6.92 Å². The molecule has 2 saturated heterocycles. The van der Waals surface area contributed by atoms with Gasteiger partial charge in [-0.1, -0.05) is 12.1 Å². The lowest BCUT2D eigenvalue weighted by atomic mass is 10.2. The zero-order valence-electron chi connectivity index (χ0n) is 13.7. The average Bonchev–Trinajstić information content (AvgIpc) is 3.09. The van der Waals surface area contributed by atoms with E-state index < -0.39 is 12.0 Å². The molecule has 2 aromatic rings. The number of nitrogens with one attached hydrogen (secondary N) is 1. The van der Waals surface area contributed by atoms with Crippen LogP contribution in [0.1, 0.15) is 25.6 Å². The van der Waals surface area contributed by atoms with E-state index in [1.165, 1.54) is 0 Å². The highest BCUT2D eigenvalue weighted by Crippen LogP contribution is 2.47. The van der Waals surface area contributed by atoms with Crippen LogP contribution >= 0.6 is 11.8 Å². The Morgan fingerprint density at radius 2 is 2.24 bits per heavy atom. The number of thioether (sulfide) groups is 1. The molecule has 1 amide bonds. The van der Waals surface area contributed by atoms with E-state index in [0.717, 1.165) is 6.42 Å². The third-order valence-corrected chi connectivity index (χ3v) is 6.24. The number of carbonyl (C=O) groups excluding carboxylic acids is 2. The van der Waals surface area contributed by atoms with Crippen molar-refractivity contribution in [3.8, 4) is 0 Å². The summed E-state index contributed by atoms with van der Waals surface area (Å²) in [5.41, 5.74) is 0.284. The number of esters is 1. The van der Waals surface area contributed by atoms with Crippen LogP contribution in [-0.4, -0.2) is 43.4 Å². The Morgan fingerprint density at radius 3 is 3.08 bits per heavy atom. The molecule has 0 bridgehead atoms. The molecular weight excluding hydrogens is 342 g/mol. The minimum Gasteiger partial charge on any atom is -0.456 e. The molecule has 0 saturated carbocycles. The molecular formula is C17H17N3O4S. The predicted molar refractivity (Wildman–Crippen MR) is 92.9 cm³/mol. The number of para-hydroxylation sites is 1. The largest absolute Gasteiger partial charge is 0.456 e. The maximum absolute atomic E-state index is 12.4. The molecule has 7 nitrogen and oxygen atoms in total. The van der Waals surface area contributed by atoms with Crippen molar-refractivity contribution >= 4 is 34.5 Å². The fourth-order valence-electron chi connectivity index (χ4n) is 3.43. The highest BCUT2D eigenvalue weighted by atomic mass is 32.2. The Kier molecular flexibility index (Phi) is 3.79. The van der Waals surface area contributed by atoms with Gasteiger partial charge in [0.25, 0.3) is 5.56 Å². The summed E-state index contributed by atoms with van der Waals surface area (Å²) in [4.78, 5) is 44.9. The Hall–Kier alpha value is -2.35. The first-order valence-electron chi connectivity index (χ1n) is 8.09. The summed E-state index contributed by atoms with van der Waals surface area (Å²) in [6.45, 7) is 1.86. The Bertz CT molecular complexity index is 927. The van der Waals surface area contributed by atoms with Crippen LogP contribution < -0.4 is 5.56 Å². The molecule has 2 aliphatic heterocycles. The number of ether oxygens (including phenoxy) is 1. The number of rotatable bonds is 3. The molecule has 3 heterocycles. The van der Waals surface area contributed by atoms with Gasteiger partial charge in [-0.25, -0.2) is 9.78 Å². The molecule has 0 radical (unpaired) electrons. The van der Waals surface area contributed by atoms with Crippen molar-refractivity contribution in [3.63, 3.8) is 0 Å². The number of amides is 1. The number of hydrogen-bond donors (Lipinski definition) is 1. The molecule has 4 rings (SSSR count). The fourth-order valence-corrected chi connectivity index (χ4v) is 4.85. The quantitative estimate of drug-likeness (QED) is 0.834. The summed E-state index contributed by atoms with van der Waals surface area (Å²) in [5, 5.41) is 0.489. The Labute approximate surface area is 147 Å².